The highest BCUT2D eigenvalue weighted by molar-refractivity contribution is 6.31. The third kappa shape index (κ3) is 3.07. The predicted molar refractivity (Wildman–Crippen MR) is 84.8 cm³/mol. The van der Waals surface area contributed by atoms with Gasteiger partial charge >= 0.3 is 0 Å². The van der Waals surface area contributed by atoms with Gasteiger partial charge in [0.05, 0.1) is 11.1 Å². The number of nitrogens with one attached hydrogen (secondary N) is 1. The minimum Gasteiger partial charge on any atom is -0.377 e. The first kappa shape index (κ1) is 14.7. The normalized spacial score (nSPS) is 11.8. The first-order chi connectivity index (χ1) is 9.14. The minimum absolute atomic E-state index is 0.309. The zero-order valence-electron chi connectivity index (χ0n) is 10.6. The van der Waals surface area contributed by atoms with Crippen LogP contribution in [0.1, 0.15) is 13.3 Å². The topological polar surface area (TPSA) is 24.9 Å². The van der Waals surface area contributed by atoms with Gasteiger partial charge in [0.15, 0.2) is 0 Å². The van der Waals surface area contributed by atoms with E-state index in [1.165, 1.54) is 0 Å². The quantitative estimate of drug-likeness (QED) is 0.791. The van der Waals surface area contributed by atoms with Gasteiger partial charge in [0.2, 0.25) is 0 Å². The van der Waals surface area contributed by atoms with E-state index in [9.17, 15) is 0 Å². The van der Waals surface area contributed by atoms with Crippen molar-refractivity contribution in [2.45, 2.75) is 18.9 Å². The third-order valence-corrected chi connectivity index (χ3v) is 4.55. The SMILES string of the molecule is CCC(CCl)(CCl)Nc1ccnc2cc(Cl)ccc12. The van der Waals surface area contributed by atoms with Crippen LogP contribution in [0.2, 0.25) is 5.02 Å². The summed E-state index contributed by atoms with van der Waals surface area (Å²) >= 11 is 18.1. The molecule has 2 rings (SSSR count). The Bertz CT molecular complexity index is 559. The second kappa shape index (κ2) is 6.17. The van der Waals surface area contributed by atoms with Gasteiger partial charge < -0.3 is 5.32 Å². The summed E-state index contributed by atoms with van der Waals surface area (Å²) in [7, 11) is 0. The van der Waals surface area contributed by atoms with Crippen molar-refractivity contribution in [1.29, 1.82) is 0 Å². The first-order valence-corrected chi connectivity index (χ1v) is 7.53. The van der Waals surface area contributed by atoms with Crippen LogP contribution in [-0.2, 0) is 0 Å². The molecule has 0 radical (unpaired) electrons. The Morgan fingerprint density at radius 3 is 2.58 bits per heavy atom. The Kier molecular flexibility index (Phi) is 4.77. The Morgan fingerprint density at radius 1 is 1.21 bits per heavy atom. The Labute approximate surface area is 128 Å². The fraction of sp³-hybridized carbons (Fsp3) is 0.357. The van der Waals surface area contributed by atoms with Crippen LogP contribution in [-0.4, -0.2) is 22.3 Å². The molecular formula is C14H15Cl3N2. The summed E-state index contributed by atoms with van der Waals surface area (Å²) in [5.74, 6) is 0.898. The zero-order chi connectivity index (χ0) is 13.9. The summed E-state index contributed by atoms with van der Waals surface area (Å²) in [5.41, 5.74) is 1.52. The molecule has 0 aliphatic rings. The van der Waals surface area contributed by atoms with Crippen LogP contribution in [0.25, 0.3) is 10.9 Å². The Morgan fingerprint density at radius 2 is 1.95 bits per heavy atom. The van der Waals surface area contributed by atoms with Crippen LogP contribution < -0.4 is 5.32 Å². The molecule has 5 heteroatoms. The van der Waals surface area contributed by atoms with Gasteiger partial charge in [0, 0.05) is 34.1 Å². The number of rotatable bonds is 5. The fourth-order valence-corrected chi connectivity index (χ4v) is 2.86. The van der Waals surface area contributed by atoms with Crippen molar-refractivity contribution < 1.29 is 0 Å². The molecule has 0 atom stereocenters. The lowest BCUT2D eigenvalue weighted by molar-refractivity contribution is 0.561. The van der Waals surface area contributed by atoms with E-state index in [1.54, 1.807) is 6.20 Å². The van der Waals surface area contributed by atoms with E-state index in [1.807, 2.05) is 24.3 Å². The van der Waals surface area contributed by atoms with Crippen molar-refractivity contribution >= 4 is 51.4 Å². The average molecular weight is 318 g/mol. The second-order valence-corrected chi connectivity index (χ2v) is 5.52. The number of hydrogen-bond acceptors (Lipinski definition) is 2. The van der Waals surface area contributed by atoms with Crippen molar-refractivity contribution in [2.75, 3.05) is 17.1 Å². The van der Waals surface area contributed by atoms with Crippen LogP contribution in [0.5, 0.6) is 0 Å². The summed E-state index contributed by atoms with van der Waals surface area (Å²) in [6.07, 6.45) is 2.60. The molecule has 0 bridgehead atoms. The predicted octanol–water partition coefficient (Wildman–Crippen LogP) is 4.93. The summed E-state index contributed by atoms with van der Waals surface area (Å²) < 4.78 is 0. The highest BCUT2D eigenvalue weighted by Crippen LogP contribution is 2.29. The molecule has 0 spiro atoms. The zero-order valence-corrected chi connectivity index (χ0v) is 12.9. The first-order valence-electron chi connectivity index (χ1n) is 6.08. The lowest BCUT2D eigenvalue weighted by Crippen LogP contribution is -2.41. The number of anilines is 1. The molecule has 0 fully saturated rings. The van der Waals surface area contributed by atoms with Crippen LogP contribution in [0, 0.1) is 0 Å². The molecule has 19 heavy (non-hydrogen) atoms. The van der Waals surface area contributed by atoms with Crippen molar-refractivity contribution in [3.63, 3.8) is 0 Å². The van der Waals surface area contributed by atoms with Gasteiger partial charge in [-0.1, -0.05) is 18.5 Å². The number of pyridine rings is 1. The number of hydrogen-bond donors (Lipinski definition) is 1. The molecular weight excluding hydrogens is 303 g/mol. The van der Waals surface area contributed by atoms with Crippen LogP contribution >= 0.6 is 34.8 Å². The lowest BCUT2D eigenvalue weighted by Gasteiger charge is -2.31. The Hall–Kier alpha value is -0.700. The molecule has 2 nitrogen and oxygen atoms in total. The van der Waals surface area contributed by atoms with E-state index >= 15 is 0 Å². The summed E-state index contributed by atoms with van der Waals surface area (Å²) in [5, 5.41) is 5.15. The maximum absolute atomic E-state index is 6.07. The smallest absolute Gasteiger partial charge is 0.0737 e. The van der Waals surface area contributed by atoms with E-state index < -0.39 is 0 Å². The molecule has 0 amide bonds. The molecule has 1 aromatic heterocycles. The Balaban J connectivity index is 2.45. The van der Waals surface area contributed by atoms with Crippen molar-refractivity contribution in [3.8, 4) is 0 Å². The van der Waals surface area contributed by atoms with E-state index in [0.717, 1.165) is 23.0 Å². The largest absolute Gasteiger partial charge is 0.377 e. The highest BCUT2D eigenvalue weighted by atomic mass is 35.5. The average Bonchev–Trinajstić information content (AvgIpc) is 2.44. The van der Waals surface area contributed by atoms with Crippen LogP contribution in [0.3, 0.4) is 0 Å². The molecule has 0 saturated carbocycles. The van der Waals surface area contributed by atoms with Crippen molar-refractivity contribution in [2.24, 2.45) is 0 Å². The van der Waals surface area contributed by atoms with Crippen LogP contribution in [0.4, 0.5) is 5.69 Å². The monoisotopic (exact) mass is 316 g/mol. The molecule has 0 unspecified atom stereocenters. The van der Waals surface area contributed by atoms with Crippen molar-refractivity contribution in [3.05, 3.63) is 35.5 Å². The van der Waals surface area contributed by atoms with Gasteiger partial charge in [-0.05, 0) is 30.7 Å². The fourth-order valence-electron chi connectivity index (χ4n) is 1.90. The summed E-state index contributed by atoms with van der Waals surface area (Å²) in [6.45, 7) is 2.07. The van der Waals surface area contributed by atoms with Crippen molar-refractivity contribution in [1.82, 2.24) is 4.98 Å². The number of fused-ring (bicyclic) bond motifs is 1. The number of aromatic nitrogens is 1. The van der Waals surface area contributed by atoms with Gasteiger partial charge in [-0.25, -0.2) is 0 Å². The van der Waals surface area contributed by atoms with Crippen LogP contribution in [0.15, 0.2) is 30.5 Å². The molecule has 0 aliphatic carbocycles. The molecule has 1 aromatic carbocycles. The highest BCUT2D eigenvalue weighted by Gasteiger charge is 2.26. The summed E-state index contributed by atoms with van der Waals surface area (Å²) in [4.78, 5) is 4.32. The number of alkyl halides is 2. The minimum atomic E-state index is -0.309. The standard InChI is InChI=1S/C14H15Cl3N2/c1-2-14(8-15,9-16)19-12-5-6-18-13-7-10(17)3-4-11(12)13/h3-7H,2,8-9H2,1H3,(H,18,19). The molecule has 0 aliphatic heterocycles. The molecule has 102 valence electrons. The van der Waals surface area contributed by atoms with E-state index in [2.05, 4.69) is 17.2 Å². The maximum Gasteiger partial charge on any atom is 0.0737 e. The molecule has 1 N–H and O–H groups in total. The number of halogens is 3. The number of nitrogens with zero attached hydrogens (tertiary/aromatic N) is 1. The maximum atomic E-state index is 6.07. The van der Waals surface area contributed by atoms with Gasteiger partial charge in [-0.3, -0.25) is 4.98 Å². The van der Waals surface area contributed by atoms with Gasteiger partial charge in [-0.15, -0.1) is 23.2 Å². The molecule has 2 aromatic rings. The summed E-state index contributed by atoms with van der Waals surface area (Å²) in [6, 6.07) is 7.58. The molecule has 1 heterocycles. The second-order valence-electron chi connectivity index (χ2n) is 4.55. The molecule has 0 saturated heterocycles. The van der Waals surface area contributed by atoms with Gasteiger partial charge in [0.1, 0.15) is 0 Å². The van der Waals surface area contributed by atoms with E-state index in [0.29, 0.717) is 16.8 Å². The van der Waals surface area contributed by atoms with E-state index in [-0.39, 0.29) is 5.54 Å². The lowest BCUT2D eigenvalue weighted by atomic mass is 10.0. The third-order valence-electron chi connectivity index (χ3n) is 3.29. The van der Waals surface area contributed by atoms with Gasteiger partial charge in [-0.2, -0.15) is 0 Å². The number of benzene rings is 1. The van der Waals surface area contributed by atoms with E-state index in [4.69, 9.17) is 34.8 Å². The van der Waals surface area contributed by atoms with Gasteiger partial charge in [0.25, 0.3) is 0 Å².